The summed E-state index contributed by atoms with van der Waals surface area (Å²) in [7, 11) is 4.88. The monoisotopic (exact) mass is 422 g/mol. The van der Waals surface area contributed by atoms with Crippen molar-refractivity contribution in [2.24, 2.45) is 0 Å². The highest BCUT2D eigenvalue weighted by atomic mass is 16.5. The van der Waals surface area contributed by atoms with Gasteiger partial charge in [0.25, 0.3) is 5.91 Å². The van der Waals surface area contributed by atoms with E-state index < -0.39 is 0 Å². The molecule has 0 aliphatic carbocycles. The van der Waals surface area contributed by atoms with Crippen molar-refractivity contribution in [3.63, 3.8) is 0 Å². The van der Waals surface area contributed by atoms with Gasteiger partial charge in [0, 0.05) is 12.6 Å². The molecule has 3 rings (SSSR count). The van der Waals surface area contributed by atoms with Crippen LogP contribution in [0.4, 0.5) is 0 Å². The smallest absolute Gasteiger partial charge is 0.265 e. The van der Waals surface area contributed by atoms with Gasteiger partial charge in [0.1, 0.15) is 24.7 Å². The molecule has 0 atom stereocenters. The predicted molar refractivity (Wildman–Crippen MR) is 118 cm³/mol. The van der Waals surface area contributed by atoms with Crippen LogP contribution in [-0.4, -0.2) is 27.2 Å². The summed E-state index contributed by atoms with van der Waals surface area (Å²) in [5.41, 5.74) is 7.59. The SMILES string of the molecule is CNNC(=O)c1ccc(OCc2ccc(OC)cc2)c(OCc2ccc(OC)cc2)c1. The lowest BCUT2D eigenvalue weighted by Gasteiger charge is -2.15. The Morgan fingerprint density at radius 3 is 1.74 bits per heavy atom. The molecule has 0 unspecified atom stereocenters. The van der Waals surface area contributed by atoms with Crippen molar-refractivity contribution in [2.45, 2.75) is 13.2 Å². The van der Waals surface area contributed by atoms with Gasteiger partial charge in [0.15, 0.2) is 11.5 Å². The molecule has 3 aromatic rings. The number of hydrogen-bond acceptors (Lipinski definition) is 6. The van der Waals surface area contributed by atoms with Crippen LogP contribution in [0, 0.1) is 0 Å². The summed E-state index contributed by atoms with van der Waals surface area (Å²) in [6, 6.07) is 20.3. The molecule has 1 amide bonds. The second-order valence-electron chi connectivity index (χ2n) is 6.64. The van der Waals surface area contributed by atoms with Crippen molar-refractivity contribution in [3.8, 4) is 23.0 Å². The van der Waals surface area contributed by atoms with Gasteiger partial charge in [-0.1, -0.05) is 24.3 Å². The van der Waals surface area contributed by atoms with E-state index in [0.717, 1.165) is 22.6 Å². The van der Waals surface area contributed by atoms with Crippen molar-refractivity contribution in [3.05, 3.63) is 83.4 Å². The van der Waals surface area contributed by atoms with Crippen LogP contribution >= 0.6 is 0 Å². The maximum atomic E-state index is 12.2. The molecule has 0 heterocycles. The summed E-state index contributed by atoms with van der Waals surface area (Å²) < 4.78 is 22.4. The van der Waals surface area contributed by atoms with Gasteiger partial charge in [-0.15, -0.1) is 0 Å². The first-order chi connectivity index (χ1) is 15.1. The fourth-order valence-electron chi connectivity index (χ4n) is 2.83. The van der Waals surface area contributed by atoms with Crippen molar-refractivity contribution in [1.82, 2.24) is 10.9 Å². The van der Waals surface area contributed by atoms with Crippen LogP contribution in [0.2, 0.25) is 0 Å². The standard InChI is InChI=1S/C24H26N2O5/c1-25-26-24(27)19-8-13-22(30-15-17-4-9-20(28-2)10-5-17)23(14-19)31-16-18-6-11-21(29-3)12-7-18/h4-14,25H,15-16H2,1-3H3,(H,26,27). The summed E-state index contributed by atoms with van der Waals surface area (Å²) in [6.07, 6.45) is 0. The predicted octanol–water partition coefficient (Wildman–Crippen LogP) is 3.73. The van der Waals surface area contributed by atoms with Crippen LogP contribution in [0.25, 0.3) is 0 Å². The maximum absolute atomic E-state index is 12.2. The largest absolute Gasteiger partial charge is 0.497 e. The van der Waals surface area contributed by atoms with E-state index in [9.17, 15) is 4.79 Å². The molecule has 0 fully saturated rings. The third kappa shape index (κ3) is 6.13. The van der Waals surface area contributed by atoms with E-state index in [4.69, 9.17) is 18.9 Å². The van der Waals surface area contributed by atoms with E-state index in [0.29, 0.717) is 30.3 Å². The van der Waals surface area contributed by atoms with Gasteiger partial charge in [-0.2, -0.15) is 0 Å². The van der Waals surface area contributed by atoms with Crippen molar-refractivity contribution >= 4 is 5.91 Å². The van der Waals surface area contributed by atoms with E-state index in [2.05, 4.69) is 10.9 Å². The number of nitrogens with one attached hydrogen (secondary N) is 2. The van der Waals surface area contributed by atoms with Crippen LogP contribution in [-0.2, 0) is 13.2 Å². The summed E-state index contributed by atoms with van der Waals surface area (Å²) in [5.74, 6) is 2.32. The molecule has 0 saturated heterocycles. The second-order valence-corrected chi connectivity index (χ2v) is 6.64. The average Bonchev–Trinajstić information content (AvgIpc) is 2.82. The Morgan fingerprint density at radius 2 is 1.26 bits per heavy atom. The van der Waals surface area contributed by atoms with E-state index in [1.54, 1.807) is 39.5 Å². The van der Waals surface area contributed by atoms with Gasteiger partial charge in [-0.3, -0.25) is 10.2 Å². The highest BCUT2D eigenvalue weighted by molar-refractivity contribution is 5.94. The molecule has 0 spiro atoms. The summed E-state index contributed by atoms with van der Waals surface area (Å²) in [5, 5.41) is 0. The molecule has 3 aromatic carbocycles. The number of hydrazine groups is 1. The zero-order chi connectivity index (χ0) is 22.1. The number of ether oxygens (including phenoxy) is 4. The van der Waals surface area contributed by atoms with E-state index in [1.165, 1.54) is 0 Å². The Morgan fingerprint density at radius 1 is 0.742 bits per heavy atom. The van der Waals surface area contributed by atoms with Gasteiger partial charge in [-0.25, -0.2) is 5.43 Å². The molecule has 31 heavy (non-hydrogen) atoms. The van der Waals surface area contributed by atoms with Gasteiger partial charge in [-0.05, 0) is 53.6 Å². The number of benzene rings is 3. The minimum absolute atomic E-state index is 0.265. The molecule has 0 saturated carbocycles. The van der Waals surface area contributed by atoms with Crippen molar-refractivity contribution < 1.29 is 23.7 Å². The number of amides is 1. The first-order valence-corrected chi connectivity index (χ1v) is 9.75. The van der Waals surface area contributed by atoms with E-state index in [-0.39, 0.29) is 5.91 Å². The minimum Gasteiger partial charge on any atom is -0.497 e. The highest BCUT2D eigenvalue weighted by Gasteiger charge is 2.12. The molecule has 0 bridgehead atoms. The first kappa shape index (κ1) is 22.0. The quantitative estimate of drug-likeness (QED) is 0.485. The number of carbonyl (C=O) groups excluding carboxylic acids is 1. The molecule has 0 radical (unpaired) electrons. The number of methoxy groups -OCH3 is 2. The Labute approximate surface area is 181 Å². The fourth-order valence-corrected chi connectivity index (χ4v) is 2.83. The lowest BCUT2D eigenvalue weighted by molar-refractivity contribution is 0.0937. The molecule has 0 aromatic heterocycles. The zero-order valence-corrected chi connectivity index (χ0v) is 17.8. The average molecular weight is 422 g/mol. The molecular formula is C24H26N2O5. The third-order valence-electron chi connectivity index (χ3n) is 4.55. The van der Waals surface area contributed by atoms with Crippen molar-refractivity contribution in [2.75, 3.05) is 21.3 Å². The Hall–Kier alpha value is -3.71. The normalized spacial score (nSPS) is 10.3. The molecular weight excluding hydrogens is 396 g/mol. The van der Waals surface area contributed by atoms with Crippen LogP contribution in [0.15, 0.2) is 66.7 Å². The van der Waals surface area contributed by atoms with Gasteiger partial charge in [0.05, 0.1) is 14.2 Å². The second kappa shape index (κ2) is 10.9. The lowest BCUT2D eigenvalue weighted by atomic mass is 10.2. The van der Waals surface area contributed by atoms with E-state index >= 15 is 0 Å². The summed E-state index contributed by atoms with van der Waals surface area (Å²) >= 11 is 0. The molecule has 2 N–H and O–H groups in total. The van der Waals surface area contributed by atoms with Crippen LogP contribution in [0.5, 0.6) is 23.0 Å². The third-order valence-corrected chi connectivity index (χ3v) is 4.55. The zero-order valence-electron chi connectivity index (χ0n) is 17.8. The lowest BCUT2D eigenvalue weighted by Crippen LogP contribution is -2.34. The van der Waals surface area contributed by atoms with Crippen LogP contribution in [0.1, 0.15) is 21.5 Å². The molecule has 162 valence electrons. The first-order valence-electron chi connectivity index (χ1n) is 9.75. The maximum Gasteiger partial charge on any atom is 0.265 e. The molecule has 7 heteroatoms. The summed E-state index contributed by atoms with van der Waals surface area (Å²) in [6.45, 7) is 0.672. The Kier molecular flexibility index (Phi) is 7.73. The fraction of sp³-hybridized carbons (Fsp3) is 0.208. The number of carbonyl (C=O) groups is 1. The summed E-state index contributed by atoms with van der Waals surface area (Å²) in [4.78, 5) is 12.2. The van der Waals surface area contributed by atoms with Crippen LogP contribution in [0.3, 0.4) is 0 Å². The van der Waals surface area contributed by atoms with Gasteiger partial charge >= 0.3 is 0 Å². The molecule has 7 nitrogen and oxygen atoms in total. The molecule has 0 aliphatic rings. The van der Waals surface area contributed by atoms with Gasteiger partial charge in [0.2, 0.25) is 0 Å². The highest BCUT2D eigenvalue weighted by Crippen LogP contribution is 2.30. The topological polar surface area (TPSA) is 78.1 Å². The number of rotatable bonds is 10. The van der Waals surface area contributed by atoms with Gasteiger partial charge < -0.3 is 18.9 Å². The van der Waals surface area contributed by atoms with Crippen LogP contribution < -0.4 is 29.8 Å². The van der Waals surface area contributed by atoms with E-state index in [1.807, 2.05) is 48.5 Å². The molecule has 0 aliphatic heterocycles. The number of hydrogen-bond donors (Lipinski definition) is 2. The minimum atomic E-state index is -0.265. The Bertz CT molecular complexity index is 988. The van der Waals surface area contributed by atoms with Crippen molar-refractivity contribution in [1.29, 1.82) is 0 Å². The Balaban J connectivity index is 1.76.